The lowest BCUT2D eigenvalue weighted by Crippen LogP contribution is -2.02. The summed E-state index contributed by atoms with van der Waals surface area (Å²) in [4.78, 5) is 10.3. The van der Waals surface area contributed by atoms with E-state index >= 15 is 0 Å². The van der Waals surface area contributed by atoms with Gasteiger partial charge >= 0.3 is 5.97 Å². The van der Waals surface area contributed by atoms with E-state index in [0.717, 1.165) is 32.1 Å². The Morgan fingerprint density at radius 2 is 2.00 bits per heavy atom. The zero-order valence-corrected chi connectivity index (χ0v) is 11.3. The minimum Gasteiger partial charge on any atom is -0.481 e. The van der Waals surface area contributed by atoms with Gasteiger partial charge in [0.25, 0.3) is 0 Å². The molecule has 0 amide bonds. The molecule has 0 saturated heterocycles. The number of hydrogen-bond donors (Lipinski definition) is 2. The van der Waals surface area contributed by atoms with Gasteiger partial charge in [-0.15, -0.1) is 6.58 Å². The second-order valence-electron chi connectivity index (χ2n) is 4.83. The van der Waals surface area contributed by atoms with Crippen LogP contribution in [0.1, 0.15) is 51.9 Å². The first-order valence-corrected chi connectivity index (χ1v) is 6.73. The summed E-state index contributed by atoms with van der Waals surface area (Å²) in [6.45, 7) is 5.74. The zero-order valence-electron chi connectivity index (χ0n) is 11.3. The molecule has 2 unspecified atom stereocenters. The van der Waals surface area contributed by atoms with Gasteiger partial charge in [-0.1, -0.05) is 38.0 Å². The largest absolute Gasteiger partial charge is 0.481 e. The van der Waals surface area contributed by atoms with Gasteiger partial charge in [0.2, 0.25) is 0 Å². The van der Waals surface area contributed by atoms with Gasteiger partial charge in [-0.2, -0.15) is 0 Å². The second kappa shape index (κ2) is 11.0. The van der Waals surface area contributed by atoms with Crippen LogP contribution in [0.25, 0.3) is 0 Å². The lowest BCUT2D eigenvalue weighted by atomic mass is 9.99. The molecule has 0 aliphatic rings. The Hall–Kier alpha value is -1.09. The molecule has 2 atom stereocenters. The number of carbonyl (C=O) groups is 1. The van der Waals surface area contributed by atoms with Gasteiger partial charge in [-0.25, -0.2) is 0 Å². The Morgan fingerprint density at radius 1 is 1.28 bits per heavy atom. The standard InChI is InChI=1S/C15H26O3/c1-3-14(16)11-8-10-13(2)9-6-4-5-7-12-15(17)18/h3-4,6,13-14,16H,1,5,7-12H2,2H3,(H,17,18). The Balaban J connectivity index is 3.45. The first kappa shape index (κ1) is 16.9. The number of allylic oxidation sites excluding steroid dienone is 2. The van der Waals surface area contributed by atoms with E-state index in [0.29, 0.717) is 12.3 Å². The smallest absolute Gasteiger partial charge is 0.303 e. The minimum atomic E-state index is -0.724. The Morgan fingerprint density at radius 3 is 2.61 bits per heavy atom. The number of rotatable bonds is 11. The maximum absolute atomic E-state index is 10.3. The summed E-state index contributed by atoms with van der Waals surface area (Å²) in [5.41, 5.74) is 0. The molecular formula is C15H26O3. The molecule has 3 heteroatoms. The van der Waals surface area contributed by atoms with Crippen molar-refractivity contribution < 1.29 is 15.0 Å². The highest BCUT2D eigenvalue weighted by Gasteiger charge is 2.02. The highest BCUT2D eigenvalue weighted by Crippen LogP contribution is 2.14. The second-order valence-corrected chi connectivity index (χ2v) is 4.83. The number of hydrogen-bond acceptors (Lipinski definition) is 2. The number of carboxylic acids is 1. The molecule has 2 N–H and O–H groups in total. The van der Waals surface area contributed by atoms with E-state index in [1.807, 2.05) is 0 Å². The number of carboxylic acid groups (broad SMARTS) is 1. The summed E-state index contributed by atoms with van der Waals surface area (Å²) < 4.78 is 0. The van der Waals surface area contributed by atoms with E-state index in [1.54, 1.807) is 6.08 Å². The van der Waals surface area contributed by atoms with E-state index in [4.69, 9.17) is 5.11 Å². The molecule has 0 spiro atoms. The van der Waals surface area contributed by atoms with Gasteiger partial charge in [0.1, 0.15) is 0 Å². The van der Waals surface area contributed by atoms with Crippen molar-refractivity contribution in [2.45, 2.75) is 58.0 Å². The summed E-state index contributed by atoms with van der Waals surface area (Å²) in [5, 5.41) is 17.8. The van der Waals surface area contributed by atoms with Gasteiger partial charge in [-0.3, -0.25) is 4.79 Å². The van der Waals surface area contributed by atoms with E-state index in [-0.39, 0.29) is 12.5 Å². The molecule has 0 radical (unpaired) electrons. The van der Waals surface area contributed by atoms with Crippen molar-refractivity contribution in [2.24, 2.45) is 5.92 Å². The first-order chi connectivity index (χ1) is 8.56. The van der Waals surface area contributed by atoms with Crippen LogP contribution in [0.5, 0.6) is 0 Å². The van der Waals surface area contributed by atoms with Gasteiger partial charge in [0.15, 0.2) is 0 Å². The highest BCUT2D eigenvalue weighted by atomic mass is 16.4. The van der Waals surface area contributed by atoms with Crippen LogP contribution in [0.3, 0.4) is 0 Å². The topological polar surface area (TPSA) is 57.5 Å². The van der Waals surface area contributed by atoms with Crippen LogP contribution in [0.15, 0.2) is 24.8 Å². The van der Waals surface area contributed by atoms with Crippen molar-refractivity contribution in [3.05, 3.63) is 24.8 Å². The van der Waals surface area contributed by atoms with Crippen LogP contribution < -0.4 is 0 Å². The molecule has 0 aromatic rings. The van der Waals surface area contributed by atoms with Crippen LogP contribution >= 0.6 is 0 Å². The molecule has 0 rings (SSSR count). The average Bonchev–Trinajstić information content (AvgIpc) is 2.33. The monoisotopic (exact) mass is 254 g/mol. The Kier molecular flexibility index (Phi) is 10.4. The quantitative estimate of drug-likeness (QED) is 0.438. The van der Waals surface area contributed by atoms with Crippen molar-refractivity contribution in [1.29, 1.82) is 0 Å². The normalized spacial score (nSPS) is 14.6. The van der Waals surface area contributed by atoms with Gasteiger partial charge in [0.05, 0.1) is 6.10 Å². The summed E-state index contributed by atoms with van der Waals surface area (Å²) in [5.74, 6) is -0.115. The van der Waals surface area contributed by atoms with Crippen molar-refractivity contribution in [3.8, 4) is 0 Å². The highest BCUT2D eigenvalue weighted by molar-refractivity contribution is 5.66. The molecule has 3 nitrogen and oxygen atoms in total. The summed E-state index contributed by atoms with van der Waals surface area (Å²) >= 11 is 0. The molecule has 0 aliphatic heterocycles. The maximum Gasteiger partial charge on any atom is 0.303 e. The van der Waals surface area contributed by atoms with Crippen LogP contribution in [0, 0.1) is 5.92 Å². The molecule has 18 heavy (non-hydrogen) atoms. The maximum atomic E-state index is 10.3. The predicted molar refractivity (Wildman–Crippen MR) is 74.5 cm³/mol. The van der Waals surface area contributed by atoms with Crippen LogP contribution in [0.4, 0.5) is 0 Å². The molecule has 0 aromatic carbocycles. The molecular weight excluding hydrogens is 228 g/mol. The SMILES string of the molecule is C=CC(O)CCCC(C)CC=CCCCC(=O)O. The average molecular weight is 254 g/mol. The fourth-order valence-corrected chi connectivity index (χ4v) is 1.73. The lowest BCUT2D eigenvalue weighted by molar-refractivity contribution is -0.137. The van der Waals surface area contributed by atoms with Gasteiger partial charge in [-0.05, 0) is 31.6 Å². The van der Waals surface area contributed by atoms with E-state index in [2.05, 4.69) is 25.7 Å². The van der Waals surface area contributed by atoms with E-state index in [1.165, 1.54) is 0 Å². The van der Waals surface area contributed by atoms with E-state index < -0.39 is 5.97 Å². The molecule has 0 aromatic heterocycles. The minimum absolute atomic E-state index is 0.249. The van der Waals surface area contributed by atoms with E-state index in [9.17, 15) is 9.90 Å². The Labute approximate surface area is 110 Å². The van der Waals surface area contributed by atoms with Gasteiger partial charge < -0.3 is 10.2 Å². The summed E-state index contributed by atoms with van der Waals surface area (Å²) in [6.07, 6.45) is 11.1. The van der Waals surface area contributed by atoms with Crippen LogP contribution in [0.2, 0.25) is 0 Å². The third-order valence-corrected chi connectivity index (χ3v) is 2.94. The van der Waals surface area contributed by atoms with Crippen LogP contribution in [-0.2, 0) is 4.79 Å². The predicted octanol–water partition coefficient (Wildman–Crippen LogP) is 3.54. The Bertz CT molecular complexity index is 258. The number of aliphatic hydroxyl groups is 1. The van der Waals surface area contributed by atoms with Crippen molar-refractivity contribution in [3.63, 3.8) is 0 Å². The molecule has 104 valence electrons. The molecule has 0 fully saturated rings. The van der Waals surface area contributed by atoms with Gasteiger partial charge in [0, 0.05) is 6.42 Å². The van der Waals surface area contributed by atoms with Crippen LogP contribution in [-0.4, -0.2) is 22.3 Å². The third kappa shape index (κ3) is 11.4. The number of unbranched alkanes of at least 4 members (excludes halogenated alkanes) is 1. The number of aliphatic carboxylic acids is 1. The fourth-order valence-electron chi connectivity index (χ4n) is 1.73. The zero-order chi connectivity index (χ0) is 13.8. The molecule has 0 aliphatic carbocycles. The van der Waals surface area contributed by atoms with Crippen molar-refractivity contribution >= 4 is 5.97 Å². The summed E-state index contributed by atoms with van der Waals surface area (Å²) in [6, 6.07) is 0. The summed E-state index contributed by atoms with van der Waals surface area (Å²) in [7, 11) is 0. The number of aliphatic hydroxyl groups excluding tert-OH is 1. The molecule has 0 bridgehead atoms. The fraction of sp³-hybridized carbons (Fsp3) is 0.667. The third-order valence-electron chi connectivity index (χ3n) is 2.94. The van der Waals surface area contributed by atoms with Crippen molar-refractivity contribution in [2.75, 3.05) is 0 Å². The van der Waals surface area contributed by atoms with Crippen molar-refractivity contribution in [1.82, 2.24) is 0 Å². The molecule has 0 heterocycles. The first-order valence-electron chi connectivity index (χ1n) is 6.73. The molecule has 0 saturated carbocycles. The lowest BCUT2D eigenvalue weighted by Gasteiger charge is -2.09.